The number of carbonyl (C=O) groups is 2. The van der Waals surface area contributed by atoms with E-state index in [-0.39, 0.29) is 18.9 Å². The van der Waals surface area contributed by atoms with Crippen molar-refractivity contribution in [3.8, 4) is 5.75 Å². The lowest BCUT2D eigenvalue weighted by molar-refractivity contribution is -0.140. The van der Waals surface area contributed by atoms with Crippen LogP contribution in [0.1, 0.15) is 18.1 Å². The van der Waals surface area contributed by atoms with Crippen LogP contribution in [0.5, 0.6) is 5.75 Å². The number of hydrogen-bond acceptors (Lipinski definition) is 5. The van der Waals surface area contributed by atoms with Crippen molar-refractivity contribution in [1.29, 1.82) is 0 Å². The third kappa shape index (κ3) is 7.81. The zero-order valence-corrected chi connectivity index (χ0v) is 23.6. The van der Waals surface area contributed by atoms with Gasteiger partial charge in [-0.25, -0.2) is 4.31 Å². The van der Waals surface area contributed by atoms with Crippen molar-refractivity contribution in [2.24, 2.45) is 0 Å². The fourth-order valence-electron chi connectivity index (χ4n) is 4.12. The van der Waals surface area contributed by atoms with Gasteiger partial charge in [-0.15, -0.1) is 0 Å². The summed E-state index contributed by atoms with van der Waals surface area (Å²) in [7, 11) is 0.360. The van der Waals surface area contributed by atoms with E-state index in [9.17, 15) is 18.0 Å². The summed E-state index contributed by atoms with van der Waals surface area (Å²) in [5.74, 6) is -0.225. The number of hydrogen-bond donors (Lipinski definition) is 1. The predicted octanol–water partition coefficient (Wildman–Crippen LogP) is 3.08. The normalized spacial score (nSPS) is 12.0. The van der Waals surface area contributed by atoms with E-state index in [1.165, 1.54) is 19.0 Å². The number of benzene rings is 3. The van der Waals surface area contributed by atoms with Crippen LogP contribution in [0.15, 0.2) is 84.9 Å². The second-order valence-electron chi connectivity index (χ2n) is 9.11. The molecule has 3 rings (SSSR count). The minimum absolute atomic E-state index is 0.0787. The molecule has 9 nitrogen and oxygen atoms in total. The molecule has 0 spiro atoms. The number of para-hydroxylation sites is 1. The minimum Gasteiger partial charge on any atom is -0.497 e. The van der Waals surface area contributed by atoms with Gasteiger partial charge >= 0.3 is 10.2 Å². The Bertz CT molecular complexity index is 1330. The van der Waals surface area contributed by atoms with E-state index in [2.05, 4.69) is 5.32 Å². The average molecular weight is 553 g/mol. The van der Waals surface area contributed by atoms with Crippen LogP contribution in [0, 0.1) is 0 Å². The van der Waals surface area contributed by atoms with Crippen molar-refractivity contribution in [1.82, 2.24) is 14.5 Å². The van der Waals surface area contributed by atoms with Gasteiger partial charge in [0.1, 0.15) is 18.3 Å². The van der Waals surface area contributed by atoms with Crippen molar-refractivity contribution in [3.05, 3.63) is 96.1 Å². The standard InChI is InChI=1S/C29H36N4O5S/c1-5-30-29(35)27(20-23-13-8-6-9-14-23)32(21-24-15-12-18-26(19-24)38-4)28(34)22-33(39(36,37)31(2)3)25-16-10-7-11-17-25/h6-19,27H,5,20-22H2,1-4H3,(H,30,35)/t27-/m1/s1. The zero-order chi connectivity index (χ0) is 28.4. The van der Waals surface area contributed by atoms with Gasteiger partial charge in [0.25, 0.3) is 0 Å². The lowest BCUT2D eigenvalue weighted by Gasteiger charge is -2.34. The second kappa shape index (κ2) is 13.8. The Morgan fingerprint density at radius 1 is 0.897 bits per heavy atom. The Morgan fingerprint density at radius 3 is 2.10 bits per heavy atom. The first kappa shape index (κ1) is 29.7. The van der Waals surface area contributed by atoms with Gasteiger partial charge in [-0.2, -0.15) is 12.7 Å². The first-order valence-electron chi connectivity index (χ1n) is 12.7. The number of ether oxygens (including phenoxy) is 1. The topological polar surface area (TPSA) is 99.3 Å². The Balaban J connectivity index is 2.07. The van der Waals surface area contributed by atoms with Crippen molar-refractivity contribution in [2.75, 3.05) is 38.6 Å². The number of carbonyl (C=O) groups excluding carboxylic acids is 2. The van der Waals surface area contributed by atoms with Gasteiger partial charge in [0.2, 0.25) is 11.8 Å². The highest BCUT2D eigenvalue weighted by atomic mass is 32.2. The molecule has 1 N–H and O–H groups in total. The largest absolute Gasteiger partial charge is 0.497 e. The average Bonchev–Trinajstić information content (AvgIpc) is 2.94. The fourth-order valence-corrected chi connectivity index (χ4v) is 5.18. The molecule has 0 saturated heterocycles. The summed E-state index contributed by atoms with van der Waals surface area (Å²) >= 11 is 0. The second-order valence-corrected chi connectivity index (χ2v) is 11.2. The lowest BCUT2D eigenvalue weighted by atomic mass is 10.0. The Labute approximate surface area is 231 Å². The first-order chi connectivity index (χ1) is 18.7. The third-order valence-electron chi connectivity index (χ3n) is 6.17. The Hall–Kier alpha value is -3.89. The van der Waals surface area contributed by atoms with Gasteiger partial charge in [-0.3, -0.25) is 9.59 Å². The Morgan fingerprint density at radius 2 is 1.51 bits per heavy atom. The smallest absolute Gasteiger partial charge is 0.304 e. The number of methoxy groups -OCH3 is 1. The molecule has 0 aromatic heterocycles. The van der Waals surface area contributed by atoms with Crippen LogP contribution in [0.2, 0.25) is 0 Å². The SMILES string of the molecule is CCNC(=O)[C@@H](Cc1ccccc1)N(Cc1cccc(OC)c1)C(=O)CN(c1ccccc1)S(=O)(=O)N(C)C. The summed E-state index contributed by atoms with van der Waals surface area (Å²) < 4.78 is 34.1. The molecule has 0 bridgehead atoms. The maximum absolute atomic E-state index is 14.1. The van der Waals surface area contributed by atoms with Crippen LogP contribution in [-0.4, -0.2) is 69.8 Å². The first-order valence-corrected chi connectivity index (χ1v) is 14.1. The number of nitrogens with zero attached hydrogens (tertiary/aromatic N) is 3. The van der Waals surface area contributed by atoms with Gasteiger partial charge < -0.3 is 15.0 Å². The highest BCUT2D eigenvalue weighted by molar-refractivity contribution is 7.90. The molecule has 0 aliphatic carbocycles. The van der Waals surface area contributed by atoms with E-state index in [0.717, 1.165) is 19.7 Å². The predicted molar refractivity (Wildman–Crippen MR) is 153 cm³/mol. The van der Waals surface area contributed by atoms with Crippen molar-refractivity contribution >= 4 is 27.7 Å². The molecule has 3 aromatic rings. The molecule has 10 heteroatoms. The number of rotatable bonds is 13. The van der Waals surface area contributed by atoms with Gasteiger partial charge in [-0.1, -0.05) is 60.7 Å². The van der Waals surface area contributed by atoms with Gasteiger partial charge in [0, 0.05) is 33.6 Å². The van der Waals surface area contributed by atoms with E-state index >= 15 is 0 Å². The molecule has 2 amide bonds. The number of likely N-dealkylation sites (N-methyl/N-ethyl adjacent to an activating group) is 1. The van der Waals surface area contributed by atoms with Crippen LogP contribution in [-0.2, 0) is 32.8 Å². The van der Waals surface area contributed by atoms with E-state index in [1.54, 1.807) is 49.6 Å². The van der Waals surface area contributed by atoms with Crippen LogP contribution in [0.4, 0.5) is 5.69 Å². The molecular formula is C29H36N4O5S. The van der Waals surface area contributed by atoms with E-state index in [0.29, 0.717) is 18.0 Å². The molecular weight excluding hydrogens is 516 g/mol. The monoisotopic (exact) mass is 552 g/mol. The third-order valence-corrected chi connectivity index (χ3v) is 7.99. The van der Waals surface area contributed by atoms with E-state index < -0.39 is 28.7 Å². The van der Waals surface area contributed by atoms with Crippen LogP contribution in [0.25, 0.3) is 0 Å². The number of anilines is 1. The molecule has 0 radical (unpaired) electrons. The van der Waals surface area contributed by atoms with Crippen LogP contribution in [0.3, 0.4) is 0 Å². The van der Waals surface area contributed by atoms with Gasteiger partial charge in [0.15, 0.2) is 0 Å². The summed E-state index contributed by atoms with van der Waals surface area (Å²) in [6.07, 6.45) is 0.258. The highest BCUT2D eigenvalue weighted by Crippen LogP contribution is 2.22. The molecule has 208 valence electrons. The molecule has 3 aromatic carbocycles. The quantitative estimate of drug-likeness (QED) is 0.351. The summed E-state index contributed by atoms with van der Waals surface area (Å²) in [5, 5.41) is 2.85. The molecule has 0 aliphatic rings. The summed E-state index contributed by atoms with van der Waals surface area (Å²) in [6, 6.07) is 24.2. The molecule has 39 heavy (non-hydrogen) atoms. The van der Waals surface area contributed by atoms with E-state index in [4.69, 9.17) is 4.74 Å². The van der Waals surface area contributed by atoms with Crippen LogP contribution < -0.4 is 14.4 Å². The van der Waals surface area contributed by atoms with E-state index in [1.807, 2.05) is 49.4 Å². The maximum Gasteiger partial charge on any atom is 0.304 e. The minimum atomic E-state index is -4.02. The molecule has 0 heterocycles. The van der Waals surface area contributed by atoms with Crippen molar-refractivity contribution < 1.29 is 22.7 Å². The lowest BCUT2D eigenvalue weighted by Crippen LogP contribution is -2.54. The maximum atomic E-state index is 14.1. The molecule has 0 saturated carbocycles. The summed E-state index contributed by atoms with van der Waals surface area (Å²) in [5.41, 5.74) is 1.96. The fraction of sp³-hybridized carbons (Fsp3) is 0.310. The number of nitrogens with one attached hydrogen (secondary N) is 1. The zero-order valence-electron chi connectivity index (χ0n) is 22.8. The number of amides is 2. The highest BCUT2D eigenvalue weighted by Gasteiger charge is 2.34. The van der Waals surface area contributed by atoms with Gasteiger partial charge in [-0.05, 0) is 42.3 Å². The molecule has 0 fully saturated rings. The molecule has 1 atom stereocenters. The van der Waals surface area contributed by atoms with Crippen molar-refractivity contribution in [3.63, 3.8) is 0 Å². The van der Waals surface area contributed by atoms with Crippen molar-refractivity contribution in [2.45, 2.75) is 25.9 Å². The van der Waals surface area contributed by atoms with Crippen LogP contribution >= 0.6 is 0 Å². The van der Waals surface area contributed by atoms with Gasteiger partial charge in [0.05, 0.1) is 12.8 Å². The Kier molecular flexibility index (Phi) is 10.5. The summed E-state index contributed by atoms with van der Waals surface area (Å²) in [4.78, 5) is 28.9. The molecule has 0 aliphatic heterocycles. The molecule has 0 unspecified atom stereocenters. The summed E-state index contributed by atoms with van der Waals surface area (Å²) in [6.45, 7) is 1.79.